The van der Waals surface area contributed by atoms with Crippen LogP contribution in [-0.2, 0) is 4.74 Å². The van der Waals surface area contributed by atoms with Gasteiger partial charge in [0.05, 0.1) is 16.8 Å². The number of rotatable bonds is 6. The second kappa shape index (κ2) is 11.6. The van der Waals surface area contributed by atoms with Crippen LogP contribution < -0.4 is 5.73 Å². The summed E-state index contributed by atoms with van der Waals surface area (Å²) in [5.41, 5.74) is 7.29. The van der Waals surface area contributed by atoms with Crippen molar-refractivity contribution in [2.24, 2.45) is 5.73 Å². The molecule has 0 aliphatic carbocycles. The van der Waals surface area contributed by atoms with Crippen molar-refractivity contribution in [1.29, 1.82) is 0 Å². The van der Waals surface area contributed by atoms with Crippen LogP contribution in [0.25, 0.3) is 11.3 Å². The Morgan fingerprint density at radius 3 is 2.56 bits per heavy atom. The van der Waals surface area contributed by atoms with Crippen LogP contribution in [0.2, 0.25) is 0 Å². The van der Waals surface area contributed by atoms with E-state index in [-0.39, 0.29) is 36.8 Å². The number of nitrogens with zero attached hydrogens (tertiary/aromatic N) is 2. The lowest BCUT2D eigenvalue weighted by Gasteiger charge is -2.31. The van der Waals surface area contributed by atoms with E-state index in [1.54, 1.807) is 0 Å². The van der Waals surface area contributed by atoms with Crippen molar-refractivity contribution in [2.75, 3.05) is 26.2 Å². The van der Waals surface area contributed by atoms with Gasteiger partial charge in [-0.2, -0.15) is 0 Å². The molecule has 1 saturated heterocycles. The molecule has 8 heteroatoms. The highest BCUT2D eigenvalue weighted by molar-refractivity contribution is 7.14. The molecule has 1 aromatic carbocycles. The van der Waals surface area contributed by atoms with Crippen molar-refractivity contribution in [3.8, 4) is 11.3 Å². The van der Waals surface area contributed by atoms with Crippen LogP contribution in [0.15, 0.2) is 30.3 Å². The van der Waals surface area contributed by atoms with Crippen molar-refractivity contribution in [1.82, 2.24) is 9.88 Å². The first-order valence-electron chi connectivity index (χ1n) is 8.83. The summed E-state index contributed by atoms with van der Waals surface area (Å²) in [6.45, 7) is 4.78. The second-order valence-corrected chi connectivity index (χ2v) is 7.48. The van der Waals surface area contributed by atoms with Crippen molar-refractivity contribution in [3.05, 3.63) is 40.2 Å². The number of carbonyl (C=O) groups excluding carboxylic acids is 1. The molecule has 0 saturated carbocycles. The lowest BCUT2D eigenvalue weighted by Crippen LogP contribution is -2.41. The minimum atomic E-state index is 0. The van der Waals surface area contributed by atoms with E-state index in [1.807, 2.05) is 42.2 Å². The number of likely N-dealkylation sites (tertiary alicyclic amines) is 1. The first kappa shape index (κ1) is 23.9. The predicted octanol–water partition coefficient (Wildman–Crippen LogP) is 3.93. The van der Waals surface area contributed by atoms with Gasteiger partial charge in [0.2, 0.25) is 0 Å². The zero-order valence-corrected chi connectivity index (χ0v) is 17.9. The predicted molar refractivity (Wildman–Crippen MR) is 115 cm³/mol. The molecule has 0 radical (unpaired) electrons. The number of piperidine rings is 1. The number of aromatic nitrogens is 1. The Kier molecular flexibility index (Phi) is 10.3. The van der Waals surface area contributed by atoms with Gasteiger partial charge in [0.1, 0.15) is 4.88 Å². The summed E-state index contributed by atoms with van der Waals surface area (Å²) < 4.78 is 5.83. The number of nitrogens with two attached hydrogens (primary N) is 1. The molecule has 2 N–H and O–H groups in total. The smallest absolute Gasteiger partial charge is 0.266 e. The molecule has 0 unspecified atom stereocenters. The maximum absolute atomic E-state index is 13.0. The first-order chi connectivity index (χ1) is 12.2. The SMILES string of the molecule is Cc1nc(-c2ccccc2)c(C(=O)N2CCC(OCCCN)CC2)s1.Cl.Cl. The molecular weight excluding hydrogens is 405 g/mol. The molecule has 1 amide bonds. The number of halogens is 2. The van der Waals surface area contributed by atoms with Crippen LogP contribution in [0.5, 0.6) is 0 Å². The average Bonchev–Trinajstić information content (AvgIpc) is 3.04. The largest absolute Gasteiger partial charge is 0.378 e. The fraction of sp³-hybridized carbons (Fsp3) is 0.474. The summed E-state index contributed by atoms with van der Waals surface area (Å²) in [5, 5.41) is 0.919. The molecule has 2 heterocycles. The van der Waals surface area contributed by atoms with Gasteiger partial charge < -0.3 is 15.4 Å². The molecule has 1 fully saturated rings. The second-order valence-electron chi connectivity index (χ2n) is 6.28. The van der Waals surface area contributed by atoms with Gasteiger partial charge >= 0.3 is 0 Å². The van der Waals surface area contributed by atoms with E-state index in [0.717, 1.165) is 53.5 Å². The van der Waals surface area contributed by atoms with E-state index in [9.17, 15) is 4.79 Å². The number of benzene rings is 1. The summed E-state index contributed by atoms with van der Waals surface area (Å²) in [6.07, 6.45) is 2.90. The highest BCUT2D eigenvalue weighted by Gasteiger charge is 2.27. The third-order valence-corrected chi connectivity index (χ3v) is 5.37. The molecule has 3 rings (SSSR count). The fourth-order valence-corrected chi connectivity index (χ4v) is 3.98. The van der Waals surface area contributed by atoms with Crippen LogP contribution in [0.4, 0.5) is 0 Å². The molecule has 0 bridgehead atoms. The normalized spacial score (nSPS) is 14.4. The maximum atomic E-state index is 13.0. The van der Waals surface area contributed by atoms with Gasteiger partial charge in [0.25, 0.3) is 5.91 Å². The highest BCUT2D eigenvalue weighted by atomic mass is 35.5. The Bertz CT molecular complexity index is 704. The van der Waals surface area contributed by atoms with Crippen LogP contribution in [0.3, 0.4) is 0 Å². The monoisotopic (exact) mass is 431 g/mol. The third-order valence-electron chi connectivity index (χ3n) is 4.41. The number of hydrogen-bond donors (Lipinski definition) is 1. The maximum Gasteiger partial charge on any atom is 0.266 e. The van der Waals surface area contributed by atoms with E-state index >= 15 is 0 Å². The molecule has 0 spiro atoms. The van der Waals surface area contributed by atoms with Crippen molar-refractivity contribution < 1.29 is 9.53 Å². The molecule has 0 atom stereocenters. The van der Waals surface area contributed by atoms with E-state index in [4.69, 9.17) is 10.5 Å². The van der Waals surface area contributed by atoms with E-state index in [2.05, 4.69) is 4.98 Å². The summed E-state index contributed by atoms with van der Waals surface area (Å²) in [5.74, 6) is 0.0878. The minimum absolute atomic E-state index is 0. The van der Waals surface area contributed by atoms with Crippen LogP contribution in [-0.4, -0.2) is 48.1 Å². The van der Waals surface area contributed by atoms with E-state index < -0.39 is 0 Å². The molecular formula is C19H27Cl2N3O2S. The van der Waals surface area contributed by atoms with Gasteiger partial charge in [0, 0.05) is 25.3 Å². The molecule has 1 aromatic heterocycles. The fourth-order valence-electron chi connectivity index (χ4n) is 3.07. The number of ether oxygens (including phenoxy) is 1. The topological polar surface area (TPSA) is 68.5 Å². The Morgan fingerprint density at radius 2 is 1.93 bits per heavy atom. The number of thiazole rings is 1. The Hall–Kier alpha value is -1.18. The van der Waals surface area contributed by atoms with Crippen LogP contribution in [0, 0.1) is 6.92 Å². The standard InChI is InChI=1S/C19H25N3O2S.2ClH/c1-14-21-17(15-6-3-2-4-7-15)18(25-14)19(23)22-11-8-16(9-12-22)24-13-5-10-20;;/h2-4,6-7,16H,5,8-13,20H2,1H3;2*1H. The number of hydrogen-bond acceptors (Lipinski definition) is 5. The third kappa shape index (κ3) is 6.16. The van der Waals surface area contributed by atoms with Gasteiger partial charge in [-0.3, -0.25) is 4.79 Å². The van der Waals surface area contributed by atoms with Gasteiger partial charge in [-0.15, -0.1) is 36.2 Å². The van der Waals surface area contributed by atoms with Crippen molar-refractivity contribution in [2.45, 2.75) is 32.3 Å². The van der Waals surface area contributed by atoms with Gasteiger partial charge in [0.15, 0.2) is 0 Å². The molecule has 1 aliphatic rings. The molecule has 2 aromatic rings. The molecule has 5 nitrogen and oxygen atoms in total. The highest BCUT2D eigenvalue weighted by Crippen LogP contribution is 2.30. The Labute approximate surface area is 177 Å². The molecule has 1 aliphatic heterocycles. The number of carbonyl (C=O) groups is 1. The lowest BCUT2D eigenvalue weighted by atomic mass is 10.1. The first-order valence-corrected chi connectivity index (χ1v) is 9.64. The van der Waals surface area contributed by atoms with E-state index in [1.165, 1.54) is 11.3 Å². The molecule has 150 valence electrons. The van der Waals surface area contributed by atoms with Gasteiger partial charge in [-0.05, 0) is 32.7 Å². The lowest BCUT2D eigenvalue weighted by molar-refractivity contribution is 0.00859. The number of amides is 1. The summed E-state index contributed by atoms with van der Waals surface area (Å²) in [6, 6.07) is 9.93. The Balaban J connectivity index is 0.00000182. The molecule has 27 heavy (non-hydrogen) atoms. The Morgan fingerprint density at radius 1 is 1.26 bits per heavy atom. The van der Waals surface area contributed by atoms with E-state index in [0.29, 0.717) is 13.2 Å². The van der Waals surface area contributed by atoms with Crippen molar-refractivity contribution in [3.63, 3.8) is 0 Å². The zero-order chi connectivity index (χ0) is 17.6. The van der Waals surface area contributed by atoms with Crippen LogP contribution in [0.1, 0.15) is 33.9 Å². The average molecular weight is 432 g/mol. The van der Waals surface area contributed by atoms with Gasteiger partial charge in [-0.1, -0.05) is 30.3 Å². The summed E-state index contributed by atoms with van der Waals surface area (Å²) in [7, 11) is 0. The number of aryl methyl sites for hydroxylation is 1. The summed E-state index contributed by atoms with van der Waals surface area (Å²) >= 11 is 1.48. The zero-order valence-electron chi connectivity index (χ0n) is 15.4. The van der Waals surface area contributed by atoms with Crippen molar-refractivity contribution >= 4 is 42.1 Å². The quantitative estimate of drug-likeness (QED) is 0.703. The summed E-state index contributed by atoms with van der Waals surface area (Å²) in [4.78, 5) is 20.3. The minimum Gasteiger partial charge on any atom is -0.378 e. The van der Waals surface area contributed by atoms with Crippen LogP contribution >= 0.6 is 36.2 Å². The van der Waals surface area contributed by atoms with Gasteiger partial charge in [-0.25, -0.2) is 4.98 Å².